The second-order valence-corrected chi connectivity index (χ2v) is 7.43. The van der Waals surface area contributed by atoms with Crippen molar-refractivity contribution in [1.29, 1.82) is 0 Å². The summed E-state index contributed by atoms with van der Waals surface area (Å²) >= 11 is 0. The molecule has 1 aliphatic rings. The SMILES string of the molecule is CC(C)(Nc1ccccc1)c1nc([C@]2(c3ccc(F)cc3)CCOC2)no1. The number of ether oxygens (including phenoxy) is 1. The van der Waals surface area contributed by atoms with Gasteiger partial charge < -0.3 is 14.6 Å². The topological polar surface area (TPSA) is 60.2 Å². The molecule has 140 valence electrons. The molecule has 27 heavy (non-hydrogen) atoms. The average Bonchev–Trinajstić information content (AvgIpc) is 3.33. The van der Waals surface area contributed by atoms with E-state index in [1.54, 1.807) is 12.1 Å². The number of nitrogens with one attached hydrogen (secondary N) is 1. The van der Waals surface area contributed by atoms with Crippen molar-refractivity contribution in [1.82, 2.24) is 10.1 Å². The lowest BCUT2D eigenvalue weighted by molar-refractivity contribution is 0.182. The average molecular weight is 367 g/mol. The van der Waals surface area contributed by atoms with Gasteiger partial charge in [-0.25, -0.2) is 4.39 Å². The number of nitrogens with zero attached hydrogens (tertiary/aromatic N) is 2. The van der Waals surface area contributed by atoms with Crippen molar-refractivity contribution >= 4 is 5.69 Å². The van der Waals surface area contributed by atoms with E-state index in [1.807, 2.05) is 44.2 Å². The number of halogens is 1. The van der Waals surface area contributed by atoms with Crippen LogP contribution in [0.5, 0.6) is 0 Å². The molecule has 1 atom stereocenters. The molecule has 5 nitrogen and oxygen atoms in total. The summed E-state index contributed by atoms with van der Waals surface area (Å²) in [4.78, 5) is 4.72. The summed E-state index contributed by atoms with van der Waals surface area (Å²) in [5.41, 5.74) is 0.844. The molecule has 0 saturated carbocycles. The first-order valence-corrected chi connectivity index (χ1v) is 9.01. The molecule has 0 spiro atoms. The quantitative estimate of drug-likeness (QED) is 0.730. The fourth-order valence-corrected chi connectivity index (χ4v) is 3.47. The Labute approximate surface area is 157 Å². The van der Waals surface area contributed by atoms with Crippen LogP contribution in [0.1, 0.15) is 37.5 Å². The van der Waals surface area contributed by atoms with Gasteiger partial charge in [0.1, 0.15) is 11.4 Å². The van der Waals surface area contributed by atoms with Gasteiger partial charge in [-0.05, 0) is 50.1 Å². The Morgan fingerprint density at radius 3 is 2.48 bits per heavy atom. The summed E-state index contributed by atoms with van der Waals surface area (Å²) in [5, 5.41) is 7.70. The predicted octanol–water partition coefficient (Wildman–Crippen LogP) is 4.26. The Morgan fingerprint density at radius 1 is 1.07 bits per heavy atom. The molecule has 3 aromatic rings. The molecule has 1 saturated heterocycles. The van der Waals surface area contributed by atoms with E-state index in [1.165, 1.54) is 12.1 Å². The van der Waals surface area contributed by atoms with Crippen molar-refractivity contribution in [3.8, 4) is 0 Å². The zero-order chi connectivity index (χ0) is 18.9. The molecular formula is C21H22FN3O2. The maximum atomic E-state index is 13.4. The summed E-state index contributed by atoms with van der Waals surface area (Å²) in [6.07, 6.45) is 0.726. The van der Waals surface area contributed by atoms with Crippen LogP contribution >= 0.6 is 0 Å². The predicted molar refractivity (Wildman–Crippen MR) is 100 cm³/mol. The van der Waals surface area contributed by atoms with Gasteiger partial charge in [0.05, 0.1) is 12.0 Å². The third-order valence-corrected chi connectivity index (χ3v) is 5.04. The van der Waals surface area contributed by atoms with Crippen molar-refractivity contribution in [3.63, 3.8) is 0 Å². The molecule has 0 aliphatic carbocycles. The van der Waals surface area contributed by atoms with Crippen molar-refractivity contribution < 1.29 is 13.7 Å². The van der Waals surface area contributed by atoms with Crippen molar-refractivity contribution in [2.45, 2.75) is 31.2 Å². The van der Waals surface area contributed by atoms with Crippen LogP contribution in [0.25, 0.3) is 0 Å². The molecule has 2 aromatic carbocycles. The van der Waals surface area contributed by atoms with Gasteiger partial charge in [-0.3, -0.25) is 0 Å². The summed E-state index contributed by atoms with van der Waals surface area (Å²) in [6.45, 7) is 5.04. The van der Waals surface area contributed by atoms with Crippen LogP contribution in [0.15, 0.2) is 59.1 Å². The first-order chi connectivity index (χ1) is 13.0. The Balaban J connectivity index is 1.66. The number of aromatic nitrogens is 2. The van der Waals surface area contributed by atoms with Crippen LogP contribution in [-0.2, 0) is 15.7 Å². The molecule has 1 aromatic heterocycles. The number of hydrogen-bond acceptors (Lipinski definition) is 5. The lowest BCUT2D eigenvalue weighted by Gasteiger charge is -2.25. The summed E-state index contributed by atoms with van der Waals surface area (Å²) < 4.78 is 24.7. The first kappa shape index (κ1) is 17.7. The molecule has 0 bridgehead atoms. The van der Waals surface area contributed by atoms with Gasteiger partial charge in [0.25, 0.3) is 5.89 Å². The van der Waals surface area contributed by atoms with Crippen LogP contribution in [0, 0.1) is 5.82 Å². The largest absolute Gasteiger partial charge is 0.380 e. The number of para-hydroxylation sites is 1. The minimum absolute atomic E-state index is 0.269. The monoisotopic (exact) mass is 367 g/mol. The third-order valence-electron chi connectivity index (χ3n) is 5.04. The number of rotatable bonds is 5. The van der Waals surface area contributed by atoms with Gasteiger partial charge >= 0.3 is 0 Å². The highest BCUT2D eigenvalue weighted by atomic mass is 19.1. The fraction of sp³-hybridized carbons (Fsp3) is 0.333. The van der Waals surface area contributed by atoms with Crippen molar-refractivity contribution in [2.75, 3.05) is 18.5 Å². The lowest BCUT2D eigenvalue weighted by Crippen LogP contribution is -2.31. The second-order valence-electron chi connectivity index (χ2n) is 7.43. The highest BCUT2D eigenvalue weighted by Crippen LogP contribution is 2.39. The maximum Gasteiger partial charge on any atom is 0.251 e. The molecule has 0 radical (unpaired) electrons. The Kier molecular flexibility index (Phi) is 4.44. The van der Waals surface area contributed by atoms with Crippen LogP contribution in [0.3, 0.4) is 0 Å². The van der Waals surface area contributed by atoms with Gasteiger partial charge in [-0.1, -0.05) is 35.5 Å². The highest BCUT2D eigenvalue weighted by molar-refractivity contribution is 5.45. The van der Waals surface area contributed by atoms with Gasteiger partial charge in [-0.2, -0.15) is 4.98 Å². The van der Waals surface area contributed by atoms with Gasteiger partial charge in [0.2, 0.25) is 0 Å². The van der Waals surface area contributed by atoms with Gasteiger partial charge in [-0.15, -0.1) is 0 Å². The maximum absolute atomic E-state index is 13.4. The molecule has 1 fully saturated rings. The van der Waals surface area contributed by atoms with Crippen LogP contribution in [0.4, 0.5) is 10.1 Å². The van der Waals surface area contributed by atoms with Crippen LogP contribution in [-0.4, -0.2) is 23.4 Å². The Bertz CT molecular complexity index is 901. The normalized spacial score (nSPS) is 20.0. The van der Waals surface area contributed by atoms with E-state index < -0.39 is 11.0 Å². The van der Waals surface area contributed by atoms with Crippen LogP contribution < -0.4 is 5.32 Å². The molecule has 0 unspecified atom stereocenters. The van der Waals surface area contributed by atoms with Crippen molar-refractivity contribution in [3.05, 3.63) is 77.7 Å². The van der Waals surface area contributed by atoms with E-state index in [4.69, 9.17) is 14.2 Å². The van der Waals surface area contributed by atoms with Gasteiger partial charge in [0.15, 0.2) is 5.82 Å². The standard InChI is InChI=1S/C21H22FN3O2/c1-20(2,24-17-6-4-3-5-7-17)19-23-18(25-27-19)21(12-13-26-14-21)15-8-10-16(22)11-9-15/h3-11,24H,12-14H2,1-2H3/t21-/m1/s1. The van der Waals surface area contributed by atoms with E-state index in [9.17, 15) is 4.39 Å². The smallest absolute Gasteiger partial charge is 0.251 e. The third kappa shape index (κ3) is 3.32. The molecule has 2 heterocycles. The summed E-state index contributed by atoms with van der Waals surface area (Å²) in [7, 11) is 0. The minimum atomic E-state index is -0.546. The number of anilines is 1. The zero-order valence-electron chi connectivity index (χ0n) is 15.4. The molecule has 1 N–H and O–H groups in total. The molecule has 0 amide bonds. The number of benzene rings is 2. The zero-order valence-corrected chi connectivity index (χ0v) is 15.4. The summed E-state index contributed by atoms with van der Waals surface area (Å²) in [6, 6.07) is 16.3. The van der Waals surface area contributed by atoms with Crippen molar-refractivity contribution in [2.24, 2.45) is 0 Å². The van der Waals surface area contributed by atoms with E-state index >= 15 is 0 Å². The van der Waals surface area contributed by atoms with E-state index in [0.717, 1.165) is 17.7 Å². The van der Waals surface area contributed by atoms with Gasteiger partial charge in [0, 0.05) is 12.3 Å². The number of hydrogen-bond donors (Lipinski definition) is 1. The Morgan fingerprint density at radius 2 is 1.81 bits per heavy atom. The van der Waals surface area contributed by atoms with E-state index in [0.29, 0.717) is 24.9 Å². The molecule has 1 aliphatic heterocycles. The highest BCUT2D eigenvalue weighted by Gasteiger charge is 2.44. The first-order valence-electron chi connectivity index (χ1n) is 9.01. The molecular weight excluding hydrogens is 345 g/mol. The fourth-order valence-electron chi connectivity index (χ4n) is 3.47. The van der Waals surface area contributed by atoms with E-state index in [-0.39, 0.29) is 5.82 Å². The molecule has 4 rings (SSSR count). The van der Waals surface area contributed by atoms with Crippen LogP contribution in [0.2, 0.25) is 0 Å². The molecule has 6 heteroatoms. The lowest BCUT2D eigenvalue weighted by atomic mass is 9.79. The second kappa shape index (κ2) is 6.78. The van der Waals surface area contributed by atoms with E-state index in [2.05, 4.69) is 10.5 Å². The Hall–Kier alpha value is -2.73. The summed E-state index contributed by atoms with van der Waals surface area (Å²) in [5.74, 6) is 0.800. The minimum Gasteiger partial charge on any atom is -0.380 e.